The summed E-state index contributed by atoms with van der Waals surface area (Å²) in [6.45, 7) is 1.59. The van der Waals surface area contributed by atoms with E-state index in [1.165, 1.54) is 0 Å². The van der Waals surface area contributed by atoms with Crippen LogP contribution in [0.5, 0.6) is 5.75 Å². The Bertz CT molecular complexity index is 893. The molecule has 2 aromatic carbocycles. The highest BCUT2D eigenvalue weighted by Gasteiger charge is 2.17. The third-order valence-corrected chi connectivity index (χ3v) is 3.49. The van der Waals surface area contributed by atoms with Crippen molar-refractivity contribution in [1.82, 2.24) is 9.97 Å². The molecule has 1 heterocycles. The first-order valence-electron chi connectivity index (χ1n) is 7.02. The zero-order valence-corrected chi connectivity index (χ0v) is 12.5. The summed E-state index contributed by atoms with van der Waals surface area (Å²) < 4.78 is 5.69. The number of carboxylic acids is 1. The Balaban J connectivity index is 1.88. The van der Waals surface area contributed by atoms with Crippen molar-refractivity contribution in [1.29, 1.82) is 0 Å². The number of hydrogen-bond acceptors (Lipinski definition) is 5. The van der Waals surface area contributed by atoms with Gasteiger partial charge >= 0.3 is 5.97 Å². The number of nitrogen functional groups attached to an aromatic ring is 1. The smallest absolute Gasteiger partial charge is 0.339 e. The molecule has 6 heteroatoms. The highest BCUT2D eigenvalue weighted by atomic mass is 16.5. The number of benzene rings is 2. The highest BCUT2D eigenvalue weighted by Crippen LogP contribution is 2.22. The molecule has 0 atom stereocenters. The van der Waals surface area contributed by atoms with Crippen molar-refractivity contribution >= 4 is 22.7 Å². The van der Waals surface area contributed by atoms with E-state index in [0.29, 0.717) is 11.4 Å². The van der Waals surface area contributed by atoms with Crippen LogP contribution in [0.2, 0.25) is 0 Å². The molecule has 3 N–H and O–H groups in total. The molecular weight excluding hydrogens is 294 g/mol. The van der Waals surface area contributed by atoms with Crippen molar-refractivity contribution < 1.29 is 14.6 Å². The molecule has 6 nitrogen and oxygen atoms in total. The van der Waals surface area contributed by atoms with E-state index < -0.39 is 5.97 Å². The largest absolute Gasteiger partial charge is 0.487 e. The van der Waals surface area contributed by atoms with Crippen LogP contribution in [-0.2, 0) is 6.61 Å². The number of fused-ring (bicyclic) bond motifs is 1. The fraction of sp³-hybridized carbons (Fsp3) is 0.118. The minimum Gasteiger partial charge on any atom is -0.487 e. The molecule has 3 aromatic rings. The maximum atomic E-state index is 11.4. The topological polar surface area (TPSA) is 98.3 Å². The number of carbonyl (C=O) groups is 1. The molecule has 0 amide bonds. The first-order chi connectivity index (χ1) is 11.0. The number of aromatic nitrogens is 2. The van der Waals surface area contributed by atoms with Crippen LogP contribution in [-0.4, -0.2) is 21.0 Å². The average Bonchev–Trinajstić information content (AvgIpc) is 2.51. The van der Waals surface area contributed by atoms with Gasteiger partial charge in [-0.15, -0.1) is 0 Å². The van der Waals surface area contributed by atoms with Crippen LogP contribution in [0, 0.1) is 6.92 Å². The van der Waals surface area contributed by atoms with Crippen molar-refractivity contribution in [3.05, 3.63) is 59.4 Å². The van der Waals surface area contributed by atoms with Gasteiger partial charge in [-0.1, -0.05) is 30.3 Å². The molecular formula is C17H15N3O3. The van der Waals surface area contributed by atoms with E-state index in [0.717, 1.165) is 10.8 Å². The number of rotatable bonds is 4. The molecule has 0 radical (unpaired) electrons. The summed E-state index contributed by atoms with van der Waals surface area (Å²) in [4.78, 5) is 19.2. The van der Waals surface area contributed by atoms with Gasteiger partial charge in [0.1, 0.15) is 17.9 Å². The number of carboxylic acid groups (broad SMARTS) is 1. The lowest BCUT2D eigenvalue weighted by atomic mass is 10.1. The SMILES string of the molecule is Cc1nc(N)nc(COc2ccc3ccccc3c2)c1C(=O)O. The normalized spacial score (nSPS) is 10.7. The molecule has 23 heavy (non-hydrogen) atoms. The van der Waals surface area contributed by atoms with E-state index in [1.54, 1.807) is 6.92 Å². The van der Waals surface area contributed by atoms with E-state index in [9.17, 15) is 9.90 Å². The second-order valence-electron chi connectivity index (χ2n) is 5.09. The Kier molecular flexibility index (Phi) is 3.80. The number of nitrogens with zero attached hydrogens (tertiary/aromatic N) is 2. The van der Waals surface area contributed by atoms with Crippen LogP contribution >= 0.6 is 0 Å². The molecule has 0 bridgehead atoms. The molecule has 0 aliphatic heterocycles. The summed E-state index contributed by atoms with van der Waals surface area (Å²) in [5.74, 6) is -0.431. The lowest BCUT2D eigenvalue weighted by molar-refractivity contribution is 0.0691. The molecule has 1 aromatic heterocycles. The number of anilines is 1. The third-order valence-electron chi connectivity index (χ3n) is 3.49. The van der Waals surface area contributed by atoms with Crippen LogP contribution < -0.4 is 10.5 Å². The maximum Gasteiger partial charge on any atom is 0.339 e. The zero-order valence-electron chi connectivity index (χ0n) is 12.5. The van der Waals surface area contributed by atoms with E-state index in [4.69, 9.17) is 10.5 Å². The highest BCUT2D eigenvalue weighted by molar-refractivity contribution is 5.90. The maximum absolute atomic E-state index is 11.4. The van der Waals surface area contributed by atoms with Gasteiger partial charge in [0.2, 0.25) is 5.95 Å². The summed E-state index contributed by atoms with van der Waals surface area (Å²) in [6.07, 6.45) is 0. The Morgan fingerprint density at radius 3 is 2.65 bits per heavy atom. The molecule has 3 rings (SSSR count). The molecule has 116 valence electrons. The quantitative estimate of drug-likeness (QED) is 0.769. The average molecular weight is 309 g/mol. The fourth-order valence-electron chi connectivity index (χ4n) is 2.45. The van der Waals surface area contributed by atoms with Crippen molar-refractivity contribution in [3.8, 4) is 5.75 Å². The van der Waals surface area contributed by atoms with Gasteiger partial charge in [0.25, 0.3) is 0 Å². The Labute approximate surface area is 132 Å². The van der Waals surface area contributed by atoms with Gasteiger partial charge in [-0.25, -0.2) is 14.8 Å². The number of aromatic carboxylic acids is 1. The fourth-order valence-corrected chi connectivity index (χ4v) is 2.45. The Hall–Kier alpha value is -3.15. The molecule has 0 spiro atoms. The minimum absolute atomic E-state index is 0.00747. The van der Waals surface area contributed by atoms with Gasteiger partial charge in [0.05, 0.1) is 11.4 Å². The van der Waals surface area contributed by atoms with Crippen molar-refractivity contribution in [3.63, 3.8) is 0 Å². The second-order valence-corrected chi connectivity index (χ2v) is 5.09. The van der Waals surface area contributed by atoms with Gasteiger partial charge in [-0.05, 0) is 29.8 Å². The van der Waals surface area contributed by atoms with Crippen LogP contribution in [0.3, 0.4) is 0 Å². The molecule has 0 fully saturated rings. The molecule has 0 aliphatic rings. The monoisotopic (exact) mass is 309 g/mol. The van der Waals surface area contributed by atoms with Gasteiger partial charge < -0.3 is 15.6 Å². The number of ether oxygens (including phenoxy) is 1. The van der Waals surface area contributed by atoms with Crippen LogP contribution in [0.25, 0.3) is 10.8 Å². The summed E-state index contributed by atoms with van der Waals surface area (Å²) in [7, 11) is 0. The predicted octanol–water partition coefficient (Wildman–Crippen LogP) is 2.80. The number of nitrogens with two attached hydrogens (primary N) is 1. The molecule has 0 saturated heterocycles. The predicted molar refractivity (Wildman–Crippen MR) is 86.4 cm³/mol. The van der Waals surface area contributed by atoms with Gasteiger partial charge in [0.15, 0.2) is 0 Å². The van der Waals surface area contributed by atoms with Crippen LogP contribution in [0.4, 0.5) is 5.95 Å². The van der Waals surface area contributed by atoms with E-state index in [2.05, 4.69) is 9.97 Å². The Morgan fingerprint density at radius 2 is 1.91 bits per heavy atom. The second kappa shape index (κ2) is 5.92. The van der Waals surface area contributed by atoms with Crippen molar-refractivity contribution in [2.75, 3.05) is 5.73 Å². The molecule has 0 unspecified atom stereocenters. The van der Waals surface area contributed by atoms with Gasteiger partial charge in [-0.2, -0.15) is 0 Å². The zero-order chi connectivity index (χ0) is 16.4. The van der Waals surface area contributed by atoms with Gasteiger partial charge in [0, 0.05) is 0 Å². The third kappa shape index (κ3) is 3.06. The summed E-state index contributed by atoms with van der Waals surface area (Å²) >= 11 is 0. The lowest BCUT2D eigenvalue weighted by Crippen LogP contribution is -2.14. The first kappa shape index (κ1) is 14.8. The van der Waals surface area contributed by atoms with Crippen LogP contribution in [0.1, 0.15) is 21.7 Å². The molecule has 0 saturated carbocycles. The Morgan fingerprint density at radius 1 is 1.17 bits per heavy atom. The van der Waals surface area contributed by atoms with Crippen LogP contribution in [0.15, 0.2) is 42.5 Å². The van der Waals surface area contributed by atoms with Gasteiger partial charge in [-0.3, -0.25) is 0 Å². The summed E-state index contributed by atoms with van der Waals surface area (Å²) in [5, 5.41) is 11.4. The van der Waals surface area contributed by atoms with E-state index >= 15 is 0 Å². The summed E-state index contributed by atoms with van der Waals surface area (Å²) in [6, 6.07) is 13.6. The number of aryl methyl sites for hydroxylation is 1. The van der Waals surface area contributed by atoms with E-state index in [1.807, 2.05) is 42.5 Å². The molecule has 0 aliphatic carbocycles. The number of hydrogen-bond donors (Lipinski definition) is 2. The van der Waals surface area contributed by atoms with Crippen molar-refractivity contribution in [2.24, 2.45) is 0 Å². The standard InChI is InChI=1S/C17H15N3O3/c1-10-15(16(21)22)14(20-17(18)19-10)9-23-13-7-6-11-4-2-3-5-12(11)8-13/h2-8H,9H2,1H3,(H,21,22)(H2,18,19,20). The summed E-state index contributed by atoms with van der Waals surface area (Å²) in [5.41, 5.74) is 6.21. The van der Waals surface area contributed by atoms with Crippen molar-refractivity contribution in [2.45, 2.75) is 13.5 Å². The lowest BCUT2D eigenvalue weighted by Gasteiger charge is -2.11. The van der Waals surface area contributed by atoms with E-state index in [-0.39, 0.29) is 23.8 Å². The minimum atomic E-state index is -1.10. The first-order valence-corrected chi connectivity index (χ1v) is 7.02.